The van der Waals surface area contributed by atoms with Gasteiger partial charge < -0.3 is 4.74 Å². The summed E-state index contributed by atoms with van der Waals surface area (Å²) in [6, 6.07) is 0. The molecule has 0 aromatic carbocycles. The van der Waals surface area contributed by atoms with Crippen molar-refractivity contribution in [3.63, 3.8) is 0 Å². The van der Waals surface area contributed by atoms with E-state index in [1.165, 1.54) is 0 Å². The second-order valence-electron chi connectivity index (χ2n) is 5.27. The van der Waals surface area contributed by atoms with Gasteiger partial charge in [-0.15, -0.1) is 0 Å². The molecule has 3 atom stereocenters. The van der Waals surface area contributed by atoms with Gasteiger partial charge in [-0.1, -0.05) is 27.2 Å². The first kappa shape index (κ1) is 14.3. The average molecular weight is 252 g/mol. The van der Waals surface area contributed by atoms with E-state index in [1.54, 1.807) is 0 Å². The molecule has 0 radical (unpaired) electrons. The highest BCUT2D eigenvalue weighted by molar-refractivity contribution is 5.75. The van der Waals surface area contributed by atoms with Crippen molar-refractivity contribution in [3.8, 4) is 0 Å². The van der Waals surface area contributed by atoms with Crippen LogP contribution < -0.4 is 0 Å². The van der Waals surface area contributed by atoms with Crippen molar-refractivity contribution < 1.29 is 22.7 Å². The molecule has 0 aromatic heterocycles. The highest BCUT2D eigenvalue weighted by atomic mass is 19.4. The van der Waals surface area contributed by atoms with E-state index in [2.05, 4.69) is 4.74 Å². The monoisotopic (exact) mass is 252 g/mol. The maximum atomic E-state index is 12.2. The van der Waals surface area contributed by atoms with Crippen molar-refractivity contribution in [2.75, 3.05) is 0 Å². The fraction of sp³-hybridized carbons (Fsp3) is 0.917. The van der Waals surface area contributed by atoms with Crippen LogP contribution in [-0.4, -0.2) is 18.2 Å². The summed E-state index contributed by atoms with van der Waals surface area (Å²) >= 11 is 0. The molecule has 1 rings (SSSR count). The Morgan fingerprint density at radius 2 is 1.88 bits per heavy atom. The number of alkyl halides is 3. The lowest BCUT2D eigenvalue weighted by molar-refractivity contribution is -0.210. The SMILES string of the molecule is CC1CCC(C(C)C)C(OC(=O)C(F)(F)F)C1. The Kier molecular flexibility index (Phi) is 4.44. The molecule has 1 saturated carbocycles. The van der Waals surface area contributed by atoms with Crippen LogP contribution in [0, 0.1) is 17.8 Å². The predicted octanol–water partition coefficient (Wildman–Crippen LogP) is 3.55. The average Bonchev–Trinajstić information content (AvgIpc) is 2.15. The van der Waals surface area contributed by atoms with Gasteiger partial charge in [-0.3, -0.25) is 0 Å². The van der Waals surface area contributed by atoms with Crippen LogP contribution in [0.4, 0.5) is 13.2 Å². The molecule has 0 aromatic rings. The zero-order valence-electron chi connectivity index (χ0n) is 10.4. The molecule has 0 spiro atoms. The fourth-order valence-corrected chi connectivity index (χ4v) is 2.45. The molecule has 5 heteroatoms. The molecule has 3 unspecified atom stereocenters. The number of hydrogen-bond acceptors (Lipinski definition) is 2. The summed E-state index contributed by atoms with van der Waals surface area (Å²) in [7, 11) is 0. The van der Waals surface area contributed by atoms with Crippen molar-refractivity contribution in [3.05, 3.63) is 0 Å². The largest absolute Gasteiger partial charge is 0.490 e. The Morgan fingerprint density at radius 3 is 2.35 bits per heavy atom. The second kappa shape index (κ2) is 5.27. The van der Waals surface area contributed by atoms with Crippen LogP contribution in [0.25, 0.3) is 0 Å². The van der Waals surface area contributed by atoms with Gasteiger partial charge in [-0.2, -0.15) is 13.2 Å². The molecule has 1 fully saturated rings. The van der Waals surface area contributed by atoms with Crippen LogP contribution in [0.2, 0.25) is 0 Å². The molecular formula is C12H19F3O2. The minimum atomic E-state index is -4.89. The summed E-state index contributed by atoms with van der Waals surface area (Å²) in [4.78, 5) is 10.9. The Bertz CT molecular complexity index is 273. The zero-order valence-corrected chi connectivity index (χ0v) is 10.4. The number of halogens is 3. The van der Waals surface area contributed by atoms with Crippen LogP contribution in [-0.2, 0) is 9.53 Å². The summed E-state index contributed by atoms with van der Waals surface area (Å²) in [5.41, 5.74) is 0. The predicted molar refractivity (Wildman–Crippen MR) is 57.3 cm³/mol. The molecule has 0 saturated heterocycles. The van der Waals surface area contributed by atoms with Crippen molar-refractivity contribution >= 4 is 5.97 Å². The molecule has 1 aliphatic carbocycles. The highest BCUT2D eigenvalue weighted by Crippen LogP contribution is 2.36. The van der Waals surface area contributed by atoms with Gasteiger partial charge in [0.1, 0.15) is 6.10 Å². The summed E-state index contributed by atoms with van der Waals surface area (Å²) in [5, 5.41) is 0. The summed E-state index contributed by atoms with van der Waals surface area (Å²) in [6.45, 7) is 5.88. The maximum Gasteiger partial charge on any atom is 0.490 e. The minimum Gasteiger partial charge on any atom is -0.455 e. The molecule has 2 nitrogen and oxygen atoms in total. The lowest BCUT2D eigenvalue weighted by Crippen LogP contribution is -2.39. The molecule has 0 heterocycles. The third-order valence-corrected chi connectivity index (χ3v) is 3.45. The van der Waals surface area contributed by atoms with Gasteiger partial charge in [-0.25, -0.2) is 4.79 Å². The quantitative estimate of drug-likeness (QED) is 0.702. The van der Waals surface area contributed by atoms with Gasteiger partial charge in [-0.05, 0) is 30.6 Å². The number of rotatable bonds is 2. The number of ether oxygens (including phenoxy) is 1. The summed E-state index contributed by atoms with van der Waals surface area (Å²) in [5.74, 6) is -1.47. The molecule has 0 amide bonds. The standard InChI is InChI=1S/C12H19F3O2/c1-7(2)9-5-4-8(3)6-10(9)17-11(16)12(13,14)15/h7-10H,4-6H2,1-3H3. The smallest absolute Gasteiger partial charge is 0.455 e. The summed E-state index contributed by atoms with van der Waals surface area (Å²) in [6.07, 6.45) is -3.13. The van der Waals surface area contributed by atoms with Crippen molar-refractivity contribution in [1.29, 1.82) is 0 Å². The van der Waals surface area contributed by atoms with E-state index in [9.17, 15) is 18.0 Å². The minimum absolute atomic E-state index is 0.0394. The Hall–Kier alpha value is -0.740. The van der Waals surface area contributed by atoms with Crippen LogP contribution >= 0.6 is 0 Å². The highest BCUT2D eigenvalue weighted by Gasteiger charge is 2.44. The topological polar surface area (TPSA) is 26.3 Å². The Labute approximate surface area is 99.5 Å². The van der Waals surface area contributed by atoms with Gasteiger partial charge >= 0.3 is 12.1 Å². The van der Waals surface area contributed by atoms with E-state index < -0.39 is 18.2 Å². The molecule has 0 bridgehead atoms. The third-order valence-electron chi connectivity index (χ3n) is 3.45. The van der Waals surface area contributed by atoms with Crippen molar-refractivity contribution in [2.24, 2.45) is 17.8 Å². The Balaban J connectivity index is 2.67. The summed E-state index contributed by atoms with van der Waals surface area (Å²) < 4.78 is 41.1. The third kappa shape index (κ3) is 3.89. The molecule has 100 valence electrons. The van der Waals surface area contributed by atoms with E-state index in [0.29, 0.717) is 12.3 Å². The van der Waals surface area contributed by atoms with Gasteiger partial charge in [0.2, 0.25) is 0 Å². The van der Waals surface area contributed by atoms with E-state index in [1.807, 2.05) is 20.8 Å². The van der Waals surface area contributed by atoms with Crippen LogP contribution in [0.1, 0.15) is 40.0 Å². The number of hydrogen-bond donors (Lipinski definition) is 0. The lowest BCUT2D eigenvalue weighted by Gasteiger charge is -2.36. The molecule has 0 N–H and O–H groups in total. The van der Waals surface area contributed by atoms with Crippen molar-refractivity contribution in [1.82, 2.24) is 0 Å². The van der Waals surface area contributed by atoms with E-state index in [-0.39, 0.29) is 11.8 Å². The van der Waals surface area contributed by atoms with Crippen LogP contribution in [0.3, 0.4) is 0 Å². The molecule has 0 aliphatic heterocycles. The van der Waals surface area contributed by atoms with Gasteiger partial charge in [0, 0.05) is 0 Å². The first-order valence-electron chi connectivity index (χ1n) is 5.99. The van der Waals surface area contributed by atoms with Crippen LogP contribution in [0.15, 0.2) is 0 Å². The van der Waals surface area contributed by atoms with Gasteiger partial charge in [0.05, 0.1) is 0 Å². The molecule has 1 aliphatic rings. The first-order chi connectivity index (χ1) is 7.71. The molecular weight excluding hydrogens is 233 g/mol. The van der Waals surface area contributed by atoms with E-state index in [0.717, 1.165) is 12.8 Å². The molecule has 17 heavy (non-hydrogen) atoms. The zero-order chi connectivity index (χ0) is 13.2. The first-order valence-corrected chi connectivity index (χ1v) is 5.99. The van der Waals surface area contributed by atoms with Gasteiger partial charge in [0.25, 0.3) is 0 Å². The van der Waals surface area contributed by atoms with E-state index in [4.69, 9.17) is 0 Å². The van der Waals surface area contributed by atoms with Gasteiger partial charge in [0.15, 0.2) is 0 Å². The van der Waals surface area contributed by atoms with E-state index >= 15 is 0 Å². The normalized spacial score (nSPS) is 30.4. The second-order valence-corrected chi connectivity index (χ2v) is 5.27. The van der Waals surface area contributed by atoms with Crippen LogP contribution in [0.5, 0.6) is 0 Å². The number of esters is 1. The Morgan fingerprint density at radius 1 is 1.29 bits per heavy atom. The lowest BCUT2D eigenvalue weighted by atomic mass is 9.75. The van der Waals surface area contributed by atoms with Crippen molar-refractivity contribution in [2.45, 2.75) is 52.3 Å². The fourth-order valence-electron chi connectivity index (χ4n) is 2.45. The number of carbonyl (C=O) groups excluding carboxylic acids is 1. The number of carbonyl (C=O) groups is 1. The maximum absolute atomic E-state index is 12.2.